The van der Waals surface area contributed by atoms with Crippen LogP contribution < -0.4 is 0 Å². The molecule has 0 spiro atoms. The minimum atomic E-state index is -0.751. The molecule has 0 unspecified atom stereocenters. The van der Waals surface area contributed by atoms with Gasteiger partial charge in [-0.25, -0.2) is 0 Å². The van der Waals surface area contributed by atoms with Crippen molar-refractivity contribution in [1.29, 1.82) is 0 Å². The van der Waals surface area contributed by atoms with Crippen molar-refractivity contribution in [2.45, 2.75) is 109 Å². The number of carbonyl (C=O) groups is 1. The molecule has 0 heterocycles. The van der Waals surface area contributed by atoms with E-state index in [9.17, 15) is 20.1 Å². The second-order valence-corrected chi connectivity index (χ2v) is 8.11. The number of rotatable bonds is 15. The van der Waals surface area contributed by atoms with Gasteiger partial charge in [0.1, 0.15) is 0 Å². The molecule has 1 aliphatic rings. The molecule has 0 saturated heterocycles. The number of aliphatic hydroxyl groups excluding tert-OH is 3. The number of hydrogen-bond acceptors (Lipinski definition) is 4. The Morgan fingerprint density at radius 1 is 1.00 bits per heavy atom. The van der Waals surface area contributed by atoms with Gasteiger partial charge in [0.2, 0.25) is 0 Å². The van der Waals surface area contributed by atoms with E-state index >= 15 is 0 Å². The third-order valence-electron chi connectivity index (χ3n) is 5.75. The summed E-state index contributed by atoms with van der Waals surface area (Å²) in [5.74, 6) is -0.834. The molecule has 1 fully saturated rings. The maximum absolute atomic E-state index is 10.5. The van der Waals surface area contributed by atoms with Gasteiger partial charge in [-0.3, -0.25) is 4.79 Å². The Morgan fingerprint density at radius 3 is 2.37 bits per heavy atom. The Balaban J connectivity index is 2.33. The zero-order valence-electron chi connectivity index (χ0n) is 16.9. The third-order valence-corrected chi connectivity index (χ3v) is 5.75. The largest absolute Gasteiger partial charge is 0.481 e. The van der Waals surface area contributed by atoms with Crippen molar-refractivity contribution in [1.82, 2.24) is 0 Å². The number of aliphatic hydroxyl groups is 3. The smallest absolute Gasteiger partial charge is 0.303 e. The van der Waals surface area contributed by atoms with Crippen LogP contribution in [0.4, 0.5) is 0 Å². The lowest BCUT2D eigenvalue weighted by Crippen LogP contribution is -2.21. The topological polar surface area (TPSA) is 98.0 Å². The molecule has 158 valence electrons. The van der Waals surface area contributed by atoms with Crippen molar-refractivity contribution in [3.8, 4) is 0 Å². The second kappa shape index (κ2) is 14.1. The van der Waals surface area contributed by atoms with Gasteiger partial charge in [0.05, 0.1) is 18.3 Å². The average Bonchev–Trinajstić information content (AvgIpc) is 2.88. The maximum Gasteiger partial charge on any atom is 0.303 e. The monoisotopic (exact) mass is 384 g/mol. The lowest BCUT2D eigenvalue weighted by atomic mass is 9.88. The normalized spacial score (nSPS) is 26.7. The van der Waals surface area contributed by atoms with Crippen LogP contribution in [0.1, 0.15) is 90.4 Å². The van der Waals surface area contributed by atoms with Crippen LogP contribution in [-0.4, -0.2) is 44.7 Å². The first-order chi connectivity index (χ1) is 13.0. The predicted octanol–water partition coefficient (Wildman–Crippen LogP) is 4.05. The summed E-state index contributed by atoms with van der Waals surface area (Å²) < 4.78 is 0. The summed E-state index contributed by atoms with van der Waals surface area (Å²) in [4.78, 5) is 10.5. The summed E-state index contributed by atoms with van der Waals surface area (Å²) in [6.07, 6.45) is 13.7. The van der Waals surface area contributed by atoms with Crippen LogP contribution in [0, 0.1) is 11.8 Å². The fraction of sp³-hybridized carbons (Fsp3) is 0.864. The van der Waals surface area contributed by atoms with Crippen LogP contribution in [-0.2, 0) is 4.79 Å². The van der Waals surface area contributed by atoms with E-state index < -0.39 is 24.3 Å². The quantitative estimate of drug-likeness (QED) is 0.252. The Morgan fingerprint density at radius 2 is 1.67 bits per heavy atom. The number of aliphatic carboxylic acids is 1. The number of hydrogen-bond donors (Lipinski definition) is 4. The van der Waals surface area contributed by atoms with Gasteiger partial charge in [0.15, 0.2) is 0 Å². The van der Waals surface area contributed by atoms with E-state index in [1.54, 1.807) is 6.08 Å². The highest BCUT2D eigenvalue weighted by atomic mass is 16.4. The maximum atomic E-state index is 10.5. The molecular weight excluding hydrogens is 344 g/mol. The number of carboxylic acid groups (broad SMARTS) is 1. The highest BCUT2D eigenvalue weighted by Crippen LogP contribution is 2.37. The van der Waals surface area contributed by atoms with Crippen LogP contribution in [0.3, 0.4) is 0 Å². The first kappa shape index (κ1) is 24.1. The van der Waals surface area contributed by atoms with E-state index in [0.29, 0.717) is 12.8 Å². The van der Waals surface area contributed by atoms with Gasteiger partial charge in [-0.15, -0.1) is 0 Å². The van der Waals surface area contributed by atoms with Gasteiger partial charge in [-0.05, 0) is 25.2 Å². The van der Waals surface area contributed by atoms with Crippen LogP contribution in [0.25, 0.3) is 0 Å². The summed E-state index contributed by atoms with van der Waals surface area (Å²) in [7, 11) is 0. The second-order valence-electron chi connectivity index (χ2n) is 8.11. The molecule has 4 N–H and O–H groups in total. The fourth-order valence-electron chi connectivity index (χ4n) is 4.10. The summed E-state index contributed by atoms with van der Waals surface area (Å²) >= 11 is 0. The van der Waals surface area contributed by atoms with Crippen LogP contribution in [0.2, 0.25) is 0 Å². The highest BCUT2D eigenvalue weighted by Gasteiger charge is 2.39. The van der Waals surface area contributed by atoms with Crippen molar-refractivity contribution in [3.05, 3.63) is 12.2 Å². The van der Waals surface area contributed by atoms with E-state index in [-0.39, 0.29) is 18.3 Å². The Kier molecular flexibility index (Phi) is 12.6. The summed E-state index contributed by atoms with van der Waals surface area (Å²) in [5, 5.41) is 39.3. The molecule has 0 radical (unpaired) electrons. The Hall–Kier alpha value is -0.910. The molecule has 0 aromatic heterocycles. The first-order valence-electron chi connectivity index (χ1n) is 10.9. The SMILES string of the molecule is CCCCCCC[C@H](O)C=C[C@H]1[C@@H](CCCCCCC(=O)O)[C@H](O)C[C@H]1O. The molecule has 0 amide bonds. The lowest BCUT2D eigenvalue weighted by Gasteiger charge is -2.21. The first-order valence-corrected chi connectivity index (χ1v) is 10.9. The van der Waals surface area contributed by atoms with Crippen LogP contribution in [0.5, 0.6) is 0 Å². The highest BCUT2D eigenvalue weighted by molar-refractivity contribution is 5.66. The van der Waals surface area contributed by atoms with Gasteiger partial charge in [-0.1, -0.05) is 70.4 Å². The van der Waals surface area contributed by atoms with Crippen LogP contribution >= 0.6 is 0 Å². The van der Waals surface area contributed by atoms with Gasteiger partial charge >= 0.3 is 5.97 Å². The van der Waals surface area contributed by atoms with Gasteiger partial charge in [0.25, 0.3) is 0 Å². The fourth-order valence-corrected chi connectivity index (χ4v) is 4.10. The molecule has 0 aliphatic heterocycles. The standard InChI is InChI=1S/C22H40O5/c1-2-3-4-5-8-11-17(23)14-15-19-18(20(24)16-21(19)25)12-9-6-7-10-13-22(26)27/h14-15,17-21,23-25H,2-13,16H2,1H3,(H,26,27)/t17-,18+,19-,20+,21+/m0/s1. The minimum Gasteiger partial charge on any atom is -0.481 e. The van der Waals surface area contributed by atoms with Gasteiger partial charge in [0, 0.05) is 18.8 Å². The van der Waals surface area contributed by atoms with E-state index in [2.05, 4.69) is 6.92 Å². The van der Waals surface area contributed by atoms with Gasteiger partial charge in [-0.2, -0.15) is 0 Å². The van der Waals surface area contributed by atoms with Crippen molar-refractivity contribution in [3.63, 3.8) is 0 Å². The summed E-state index contributed by atoms with van der Waals surface area (Å²) in [5.41, 5.74) is 0. The molecule has 1 rings (SSSR count). The zero-order chi connectivity index (χ0) is 20.1. The molecule has 0 aromatic rings. The van der Waals surface area contributed by atoms with E-state index in [1.807, 2.05) is 6.08 Å². The minimum absolute atomic E-state index is 0.0208. The Bertz CT molecular complexity index is 423. The van der Waals surface area contributed by atoms with E-state index in [0.717, 1.165) is 44.9 Å². The van der Waals surface area contributed by atoms with E-state index in [1.165, 1.54) is 19.3 Å². The molecule has 5 heteroatoms. The van der Waals surface area contributed by atoms with Crippen molar-refractivity contribution >= 4 is 5.97 Å². The molecule has 1 aliphatic carbocycles. The molecular formula is C22H40O5. The predicted molar refractivity (Wildman–Crippen MR) is 107 cm³/mol. The molecule has 27 heavy (non-hydrogen) atoms. The van der Waals surface area contributed by atoms with Crippen molar-refractivity contribution in [2.24, 2.45) is 11.8 Å². The van der Waals surface area contributed by atoms with E-state index in [4.69, 9.17) is 5.11 Å². The summed E-state index contributed by atoms with van der Waals surface area (Å²) in [6.45, 7) is 2.19. The molecule has 5 atom stereocenters. The van der Waals surface area contributed by atoms with Crippen LogP contribution in [0.15, 0.2) is 12.2 Å². The average molecular weight is 385 g/mol. The molecule has 5 nitrogen and oxygen atoms in total. The molecule has 0 bridgehead atoms. The zero-order valence-corrected chi connectivity index (χ0v) is 16.9. The summed E-state index contributed by atoms with van der Waals surface area (Å²) in [6, 6.07) is 0. The molecule has 0 aromatic carbocycles. The van der Waals surface area contributed by atoms with Gasteiger partial charge < -0.3 is 20.4 Å². The number of unbranched alkanes of at least 4 members (excludes halogenated alkanes) is 7. The third kappa shape index (κ3) is 10.3. The Labute approximate surface area is 164 Å². The number of carboxylic acids is 1. The van der Waals surface area contributed by atoms with Crippen molar-refractivity contribution in [2.75, 3.05) is 0 Å². The van der Waals surface area contributed by atoms with Crippen molar-refractivity contribution < 1.29 is 25.2 Å². The molecule has 1 saturated carbocycles. The lowest BCUT2D eigenvalue weighted by molar-refractivity contribution is -0.137.